The molecule has 0 amide bonds. The predicted octanol–water partition coefficient (Wildman–Crippen LogP) is 2.93. The van der Waals surface area contributed by atoms with Crippen molar-refractivity contribution in [2.45, 2.75) is 26.7 Å². The fourth-order valence-corrected chi connectivity index (χ4v) is 1.45. The molecule has 0 aliphatic carbocycles. The van der Waals surface area contributed by atoms with Crippen LogP contribution in [0.25, 0.3) is 0 Å². The van der Waals surface area contributed by atoms with Gasteiger partial charge in [0.2, 0.25) is 0 Å². The van der Waals surface area contributed by atoms with Gasteiger partial charge < -0.3 is 10.2 Å². The van der Waals surface area contributed by atoms with E-state index in [-0.39, 0.29) is 22.5 Å². The highest BCUT2D eigenvalue weighted by Gasteiger charge is 2.13. The first-order valence-electron chi connectivity index (χ1n) is 6.06. The van der Waals surface area contributed by atoms with Gasteiger partial charge in [0.25, 0.3) is 0 Å². The summed E-state index contributed by atoms with van der Waals surface area (Å²) in [6.07, 6.45) is 2.93. The average Bonchev–Trinajstić information content (AvgIpc) is 2.39. The number of ketones is 1. The van der Waals surface area contributed by atoms with E-state index in [2.05, 4.69) is 6.58 Å². The highest BCUT2D eigenvalue weighted by Crippen LogP contribution is 2.13. The first-order chi connectivity index (χ1) is 9.34. The first-order valence-corrected chi connectivity index (χ1v) is 6.06. The Balaban J connectivity index is 0.000000441. The van der Waals surface area contributed by atoms with Crippen molar-refractivity contribution >= 4 is 17.7 Å². The lowest BCUT2D eigenvalue weighted by atomic mass is 10.0. The summed E-state index contributed by atoms with van der Waals surface area (Å²) in [5, 5.41) is 17.4. The van der Waals surface area contributed by atoms with Crippen LogP contribution < -0.4 is 0 Å². The second-order valence-electron chi connectivity index (χ2n) is 4.01. The van der Waals surface area contributed by atoms with Crippen molar-refractivity contribution in [3.05, 3.63) is 47.5 Å². The molecule has 0 bridgehead atoms. The fourth-order valence-electron chi connectivity index (χ4n) is 1.45. The molecule has 0 spiro atoms. The van der Waals surface area contributed by atoms with Gasteiger partial charge in [-0.15, -0.1) is 0 Å². The standard InChI is InChI=1S/C9H8O4.C6H10O/c1-5-6(8(10)11)3-2-4-7(5)9(12)13;1-3-5-6(7)4-2/h2-4H,1H3,(H,10,11)(H,12,13);4H,2-3,5H2,1H3. The van der Waals surface area contributed by atoms with Crippen LogP contribution in [0.4, 0.5) is 0 Å². The molecule has 1 rings (SSSR count). The Morgan fingerprint density at radius 1 is 1.15 bits per heavy atom. The lowest BCUT2D eigenvalue weighted by Gasteiger charge is -2.03. The second kappa shape index (κ2) is 8.63. The summed E-state index contributed by atoms with van der Waals surface area (Å²) in [6, 6.07) is 4.17. The van der Waals surface area contributed by atoms with Gasteiger partial charge in [0, 0.05) is 6.42 Å². The van der Waals surface area contributed by atoms with E-state index in [0.29, 0.717) is 6.42 Å². The molecule has 0 aliphatic heterocycles. The molecule has 108 valence electrons. The number of carbonyl (C=O) groups is 3. The second-order valence-corrected chi connectivity index (χ2v) is 4.01. The smallest absolute Gasteiger partial charge is 0.335 e. The lowest BCUT2D eigenvalue weighted by Crippen LogP contribution is -2.06. The molecule has 0 aliphatic rings. The number of rotatable bonds is 5. The third-order valence-corrected chi connectivity index (χ3v) is 2.52. The van der Waals surface area contributed by atoms with Crippen LogP contribution in [-0.2, 0) is 4.79 Å². The molecule has 20 heavy (non-hydrogen) atoms. The maximum atomic E-state index is 10.6. The number of aromatic carboxylic acids is 2. The van der Waals surface area contributed by atoms with Crippen molar-refractivity contribution in [1.29, 1.82) is 0 Å². The monoisotopic (exact) mass is 278 g/mol. The zero-order chi connectivity index (χ0) is 15.7. The number of hydrogen-bond acceptors (Lipinski definition) is 3. The molecule has 0 atom stereocenters. The van der Waals surface area contributed by atoms with Crippen molar-refractivity contribution < 1.29 is 24.6 Å². The third-order valence-electron chi connectivity index (χ3n) is 2.52. The number of allylic oxidation sites excluding steroid dienone is 1. The largest absolute Gasteiger partial charge is 0.478 e. The van der Waals surface area contributed by atoms with Gasteiger partial charge in [-0.2, -0.15) is 0 Å². The molecule has 0 fully saturated rings. The Hall–Kier alpha value is -2.43. The minimum Gasteiger partial charge on any atom is -0.478 e. The summed E-state index contributed by atoms with van der Waals surface area (Å²) < 4.78 is 0. The van der Waals surface area contributed by atoms with Crippen molar-refractivity contribution in [3.63, 3.8) is 0 Å². The minimum absolute atomic E-state index is 0.0277. The number of carbonyl (C=O) groups excluding carboxylic acids is 1. The fraction of sp³-hybridized carbons (Fsp3) is 0.267. The molecular formula is C15H18O5. The number of carboxylic acid groups (broad SMARTS) is 2. The van der Waals surface area contributed by atoms with Gasteiger partial charge >= 0.3 is 11.9 Å². The summed E-state index contributed by atoms with van der Waals surface area (Å²) in [7, 11) is 0. The first kappa shape index (κ1) is 17.6. The molecule has 0 heterocycles. The van der Waals surface area contributed by atoms with E-state index >= 15 is 0 Å². The lowest BCUT2D eigenvalue weighted by molar-refractivity contribution is -0.114. The van der Waals surface area contributed by atoms with Crippen LogP contribution >= 0.6 is 0 Å². The quantitative estimate of drug-likeness (QED) is 0.808. The molecule has 1 aromatic rings. The van der Waals surface area contributed by atoms with E-state index in [4.69, 9.17) is 10.2 Å². The summed E-state index contributed by atoms with van der Waals surface area (Å²) >= 11 is 0. The van der Waals surface area contributed by atoms with Crippen LogP contribution in [0.1, 0.15) is 46.0 Å². The molecule has 0 saturated heterocycles. The highest BCUT2D eigenvalue weighted by atomic mass is 16.4. The molecule has 0 aromatic heterocycles. The van der Waals surface area contributed by atoms with Gasteiger partial charge in [-0.05, 0) is 37.1 Å². The molecule has 0 saturated carbocycles. The van der Waals surface area contributed by atoms with E-state index < -0.39 is 11.9 Å². The van der Waals surface area contributed by atoms with Crippen molar-refractivity contribution in [2.24, 2.45) is 0 Å². The normalized spacial score (nSPS) is 9.10. The molecule has 2 N–H and O–H groups in total. The topological polar surface area (TPSA) is 91.7 Å². The van der Waals surface area contributed by atoms with Gasteiger partial charge in [0.1, 0.15) is 0 Å². The van der Waals surface area contributed by atoms with Gasteiger partial charge in [0.15, 0.2) is 5.78 Å². The maximum absolute atomic E-state index is 10.6. The van der Waals surface area contributed by atoms with Gasteiger partial charge in [0.05, 0.1) is 11.1 Å². The highest BCUT2D eigenvalue weighted by molar-refractivity contribution is 5.96. The third kappa shape index (κ3) is 5.48. The SMILES string of the molecule is C=CC(=O)CCC.Cc1c(C(=O)O)cccc1C(=O)O. The Bertz CT molecular complexity index is 485. The van der Waals surface area contributed by atoms with Crippen LogP contribution in [0.15, 0.2) is 30.9 Å². The minimum atomic E-state index is -1.11. The summed E-state index contributed by atoms with van der Waals surface area (Å²) in [4.78, 5) is 31.5. The van der Waals surface area contributed by atoms with Gasteiger partial charge in [-0.3, -0.25) is 4.79 Å². The van der Waals surface area contributed by atoms with Crippen molar-refractivity contribution in [3.8, 4) is 0 Å². The van der Waals surface area contributed by atoms with Gasteiger partial charge in [-0.1, -0.05) is 19.6 Å². The number of carboxylic acids is 2. The summed E-state index contributed by atoms with van der Waals surface area (Å²) in [5.74, 6) is -2.08. The number of benzene rings is 1. The van der Waals surface area contributed by atoms with Crippen LogP contribution in [0.2, 0.25) is 0 Å². The van der Waals surface area contributed by atoms with Gasteiger partial charge in [-0.25, -0.2) is 9.59 Å². The maximum Gasteiger partial charge on any atom is 0.335 e. The van der Waals surface area contributed by atoms with Crippen LogP contribution in [0, 0.1) is 6.92 Å². The molecule has 0 radical (unpaired) electrons. The molecule has 0 unspecified atom stereocenters. The van der Waals surface area contributed by atoms with E-state index in [9.17, 15) is 14.4 Å². The number of hydrogen-bond donors (Lipinski definition) is 2. The Labute approximate surface area is 117 Å². The van der Waals surface area contributed by atoms with Crippen molar-refractivity contribution in [2.75, 3.05) is 0 Å². The molecule has 5 heteroatoms. The molecular weight excluding hydrogens is 260 g/mol. The molecule has 5 nitrogen and oxygen atoms in total. The Kier molecular flexibility index (Phi) is 7.58. The average molecular weight is 278 g/mol. The van der Waals surface area contributed by atoms with Crippen LogP contribution in [0.5, 0.6) is 0 Å². The Morgan fingerprint density at radius 3 is 1.85 bits per heavy atom. The summed E-state index contributed by atoms with van der Waals surface area (Å²) in [6.45, 7) is 6.78. The van der Waals surface area contributed by atoms with Crippen LogP contribution in [-0.4, -0.2) is 27.9 Å². The Morgan fingerprint density at radius 2 is 1.60 bits per heavy atom. The van der Waals surface area contributed by atoms with Crippen molar-refractivity contribution in [1.82, 2.24) is 0 Å². The summed E-state index contributed by atoms with van der Waals surface area (Å²) in [5.41, 5.74) is 0.335. The van der Waals surface area contributed by atoms with E-state index in [1.165, 1.54) is 31.2 Å². The predicted molar refractivity (Wildman–Crippen MR) is 75.2 cm³/mol. The van der Waals surface area contributed by atoms with Crippen LogP contribution in [0.3, 0.4) is 0 Å². The van der Waals surface area contributed by atoms with E-state index in [1.807, 2.05) is 6.92 Å². The zero-order valence-electron chi connectivity index (χ0n) is 11.5. The van der Waals surface area contributed by atoms with E-state index in [1.54, 1.807) is 0 Å². The van der Waals surface area contributed by atoms with E-state index in [0.717, 1.165) is 6.42 Å². The molecule has 1 aromatic carbocycles. The zero-order valence-corrected chi connectivity index (χ0v) is 11.5.